The van der Waals surface area contributed by atoms with Crippen LogP contribution in [0.25, 0.3) is 0 Å². The Morgan fingerprint density at radius 2 is 1.82 bits per heavy atom. The fourth-order valence-electron chi connectivity index (χ4n) is 2.53. The van der Waals surface area contributed by atoms with E-state index in [1.54, 1.807) is 30.3 Å². The lowest BCUT2D eigenvalue weighted by molar-refractivity contribution is -0.296. The molecule has 1 aromatic carbocycles. The number of hydrogen-bond acceptors (Lipinski definition) is 8. The minimum atomic E-state index is -6.01. The molecule has 0 aromatic heterocycles. The van der Waals surface area contributed by atoms with E-state index in [0.717, 1.165) is 6.92 Å². The van der Waals surface area contributed by atoms with Crippen molar-refractivity contribution in [2.24, 2.45) is 0 Å². The van der Waals surface area contributed by atoms with Gasteiger partial charge in [-0.25, -0.2) is 0 Å². The van der Waals surface area contributed by atoms with Gasteiger partial charge in [-0.1, -0.05) is 30.3 Å². The zero-order valence-electron chi connectivity index (χ0n) is 14.8. The summed E-state index contributed by atoms with van der Waals surface area (Å²) in [6.45, 7) is 2.18. The van der Waals surface area contributed by atoms with Gasteiger partial charge in [0.1, 0.15) is 12.2 Å². The molecule has 0 spiro atoms. The molecular formula is C16H19F3O8S. The minimum Gasteiger partial charge on any atom is -0.454 e. The van der Waals surface area contributed by atoms with Crippen molar-refractivity contribution in [1.82, 2.24) is 0 Å². The summed E-state index contributed by atoms with van der Waals surface area (Å²) in [7, 11) is -6.01. The molecule has 1 N–H and O–H groups in total. The van der Waals surface area contributed by atoms with E-state index in [1.807, 2.05) is 0 Å². The Morgan fingerprint density at radius 3 is 2.36 bits per heavy atom. The Hall–Kier alpha value is -1.73. The normalized spacial score (nSPS) is 28.7. The smallest absolute Gasteiger partial charge is 0.454 e. The average Bonchev–Trinajstić information content (AvgIpc) is 2.59. The molecule has 0 radical (unpaired) electrons. The molecule has 0 aliphatic carbocycles. The van der Waals surface area contributed by atoms with Crippen molar-refractivity contribution in [2.45, 2.75) is 56.7 Å². The third-order valence-electron chi connectivity index (χ3n) is 3.83. The highest BCUT2D eigenvalue weighted by molar-refractivity contribution is 7.87. The van der Waals surface area contributed by atoms with E-state index in [1.165, 1.54) is 6.92 Å². The number of carbonyl (C=O) groups is 1. The van der Waals surface area contributed by atoms with Crippen molar-refractivity contribution in [3.05, 3.63) is 35.9 Å². The van der Waals surface area contributed by atoms with Crippen molar-refractivity contribution in [3.63, 3.8) is 0 Å². The number of rotatable bonds is 6. The van der Waals surface area contributed by atoms with Crippen LogP contribution in [0, 0.1) is 0 Å². The fraction of sp³-hybridized carbons (Fsp3) is 0.562. The first kappa shape index (κ1) is 22.6. The van der Waals surface area contributed by atoms with E-state index in [-0.39, 0.29) is 6.61 Å². The quantitative estimate of drug-likeness (QED) is 0.412. The summed E-state index contributed by atoms with van der Waals surface area (Å²) >= 11 is 0. The molecule has 0 unspecified atom stereocenters. The number of aliphatic hydroxyl groups is 1. The van der Waals surface area contributed by atoms with E-state index in [0.29, 0.717) is 5.56 Å². The van der Waals surface area contributed by atoms with E-state index < -0.39 is 52.3 Å². The molecule has 8 nitrogen and oxygen atoms in total. The highest BCUT2D eigenvalue weighted by Crippen LogP contribution is 2.32. The molecule has 1 aliphatic heterocycles. The van der Waals surface area contributed by atoms with Crippen molar-refractivity contribution in [3.8, 4) is 0 Å². The van der Waals surface area contributed by atoms with Crippen molar-refractivity contribution in [1.29, 1.82) is 0 Å². The topological polar surface area (TPSA) is 108 Å². The third kappa shape index (κ3) is 5.41. The van der Waals surface area contributed by atoms with Gasteiger partial charge >= 0.3 is 21.6 Å². The van der Waals surface area contributed by atoms with Crippen LogP contribution in [0.2, 0.25) is 0 Å². The van der Waals surface area contributed by atoms with Gasteiger partial charge in [-0.3, -0.25) is 8.98 Å². The number of carbonyl (C=O) groups excluding carboxylic acids is 1. The maximum Gasteiger partial charge on any atom is 0.523 e. The van der Waals surface area contributed by atoms with Crippen LogP contribution >= 0.6 is 0 Å². The Balaban J connectivity index is 2.18. The Kier molecular flexibility index (Phi) is 7.04. The molecule has 1 fully saturated rings. The average molecular weight is 428 g/mol. The van der Waals surface area contributed by atoms with Crippen LogP contribution < -0.4 is 0 Å². The lowest BCUT2D eigenvalue weighted by Crippen LogP contribution is -2.60. The van der Waals surface area contributed by atoms with E-state index >= 15 is 0 Å². The number of halogens is 3. The molecule has 1 saturated heterocycles. The van der Waals surface area contributed by atoms with Gasteiger partial charge in [0, 0.05) is 6.92 Å². The monoisotopic (exact) mass is 428 g/mol. The molecule has 0 amide bonds. The molecule has 158 valence electrons. The Bertz CT molecular complexity index is 768. The van der Waals surface area contributed by atoms with Gasteiger partial charge in [0.25, 0.3) is 0 Å². The lowest BCUT2D eigenvalue weighted by atomic mass is 10.00. The second-order valence-electron chi connectivity index (χ2n) is 6.03. The van der Waals surface area contributed by atoms with Gasteiger partial charge in [0.15, 0.2) is 12.4 Å². The molecule has 28 heavy (non-hydrogen) atoms. The lowest BCUT2D eigenvalue weighted by Gasteiger charge is -2.41. The van der Waals surface area contributed by atoms with Crippen LogP contribution in [-0.2, 0) is 39.9 Å². The van der Waals surface area contributed by atoms with E-state index in [9.17, 15) is 31.5 Å². The van der Waals surface area contributed by atoms with Crippen LogP contribution in [0.1, 0.15) is 19.4 Å². The predicted molar refractivity (Wildman–Crippen MR) is 87.0 cm³/mol. The highest BCUT2D eigenvalue weighted by atomic mass is 32.2. The first-order chi connectivity index (χ1) is 12.9. The number of hydrogen-bond donors (Lipinski definition) is 1. The van der Waals surface area contributed by atoms with E-state index in [2.05, 4.69) is 4.18 Å². The summed E-state index contributed by atoms with van der Waals surface area (Å²) in [5, 5.41) is 10.4. The van der Waals surface area contributed by atoms with Crippen LogP contribution in [-0.4, -0.2) is 55.7 Å². The summed E-state index contributed by atoms with van der Waals surface area (Å²) < 4.78 is 80.2. The van der Waals surface area contributed by atoms with Crippen LogP contribution in [0.3, 0.4) is 0 Å². The van der Waals surface area contributed by atoms with E-state index in [4.69, 9.17) is 14.2 Å². The zero-order valence-corrected chi connectivity index (χ0v) is 15.6. The first-order valence-electron chi connectivity index (χ1n) is 8.08. The zero-order chi connectivity index (χ0) is 21.1. The van der Waals surface area contributed by atoms with Crippen LogP contribution in [0.4, 0.5) is 13.2 Å². The Morgan fingerprint density at radius 1 is 1.21 bits per heavy atom. The summed E-state index contributed by atoms with van der Waals surface area (Å²) in [5.41, 5.74) is -4.97. The molecule has 1 aliphatic rings. The van der Waals surface area contributed by atoms with Gasteiger partial charge in [0.2, 0.25) is 0 Å². The molecule has 5 atom stereocenters. The summed E-state index contributed by atoms with van der Waals surface area (Å²) in [4.78, 5) is 11.3. The van der Waals surface area contributed by atoms with Crippen LogP contribution in [0.5, 0.6) is 0 Å². The first-order valence-corrected chi connectivity index (χ1v) is 9.49. The molecular weight excluding hydrogens is 409 g/mol. The molecule has 1 aromatic rings. The van der Waals surface area contributed by atoms with Gasteiger partial charge in [0.05, 0.1) is 12.7 Å². The van der Waals surface area contributed by atoms with Crippen molar-refractivity contribution >= 4 is 16.1 Å². The van der Waals surface area contributed by atoms with Gasteiger partial charge in [-0.15, -0.1) is 0 Å². The second-order valence-corrected chi connectivity index (χ2v) is 7.60. The number of aliphatic hydroxyl groups excluding tert-OH is 1. The second kappa shape index (κ2) is 8.74. The fourth-order valence-corrected chi connectivity index (χ4v) is 3.20. The number of ether oxygens (including phenoxy) is 3. The number of esters is 1. The molecule has 0 bridgehead atoms. The SMILES string of the molecule is CC(=O)O[C@H]1[C@H](OCc2ccccc2)O[C@@H](C)[C@H](OS(=O)(=O)C(F)(F)F)[C@@H]1O. The Labute approximate surface area is 159 Å². The summed E-state index contributed by atoms with van der Waals surface area (Å²) in [5.74, 6) is -0.882. The molecule has 2 rings (SSSR count). The molecule has 0 saturated carbocycles. The third-order valence-corrected chi connectivity index (χ3v) is 4.88. The standard InChI is InChI=1S/C16H19F3O8S/c1-9-13(27-28(22,23)16(17,18)19)12(21)14(26-10(2)20)15(25-9)24-8-11-6-4-3-5-7-11/h3-7,9,12-15,21H,8H2,1-2H3/t9-,12-,13-,14+,15+/m0/s1. The molecule has 12 heteroatoms. The van der Waals surface area contributed by atoms with Gasteiger partial charge < -0.3 is 19.3 Å². The summed E-state index contributed by atoms with van der Waals surface area (Å²) in [6, 6.07) is 8.72. The molecule has 1 heterocycles. The predicted octanol–water partition coefficient (Wildman–Crippen LogP) is 1.48. The number of alkyl halides is 3. The highest BCUT2D eigenvalue weighted by Gasteiger charge is 2.54. The minimum absolute atomic E-state index is 0.0188. The maximum atomic E-state index is 12.6. The van der Waals surface area contributed by atoms with Gasteiger partial charge in [-0.05, 0) is 12.5 Å². The van der Waals surface area contributed by atoms with Crippen LogP contribution in [0.15, 0.2) is 30.3 Å². The van der Waals surface area contributed by atoms with Crippen molar-refractivity contribution < 1.29 is 49.9 Å². The largest absolute Gasteiger partial charge is 0.523 e. The van der Waals surface area contributed by atoms with Gasteiger partial charge in [-0.2, -0.15) is 21.6 Å². The summed E-state index contributed by atoms with van der Waals surface area (Å²) in [6.07, 6.45) is -8.20. The van der Waals surface area contributed by atoms with Crippen molar-refractivity contribution in [2.75, 3.05) is 0 Å². The number of benzene rings is 1. The maximum absolute atomic E-state index is 12.6.